The molecule has 4 rings (SSSR count). The third-order valence-electron chi connectivity index (χ3n) is 10.2. The van der Waals surface area contributed by atoms with Gasteiger partial charge in [0.15, 0.2) is 5.78 Å². The van der Waals surface area contributed by atoms with E-state index in [9.17, 15) is 14.4 Å². The lowest BCUT2D eigenvalue weighted by atomic mass is 9.83. The summed E-state index contributed by atoms with van der Waals surface area (Å²) in [6, 6.07) is 12.7. The van der Waals surface area contributed by atoms with Crippen molar-refractivity contribution in [2.45, 2.75) is 106 Å². The second-order valence-electron chi connectivity index (χ2n) is 14.3. The van der Waals surface area contributed by atoms with Crippen LogP contribution in [0.5, 0.6) is 0 Å². The molecule has 1 saturated carbocycles. The molecule has 0 bridgehead atoms. The van der Waals surface area contributed by atoms with Gasteiger partial charge in [-0.05, 0) is 114 Å². The molecule has 11 heteroatoms. The first-order valence-corrected chi connectivity index (χ1v) is 20.5. The van der Waals surface area contributed by atoms with Crippen LogP contribution in [0.4, 0.5) is 5.69 Å². The third kappa shape index (κ3) is 11.3. The molecule has 1 aliphatic carbocycles. The molecule has 0 radical (unpaired) electrons. The Balaban J connectivity index is 1.59. The van der Waals surface area contributed by atoms with Gasteiger partial charge in [0, 0.05) is 57.0 Å². The van der Waals surface area contributed by atoms with Crippen molar-refractivity contribution in [3.63, 3.8) is 0 Å². The van der Waals surface area contributed by atoms with Gasteiger partial charge in [-0.15, -0.1) is 11.3 Å². The topological polar surface area (TPSA) is 122 Å². The van der Waals surface area contributed by atoms with Crippen LogP contribution in [0.15, 0.2) is 63.2 Å². The molecular formula is C44H56ClN5O4S. The van der Waals surface area contributed by atoms with Crippen LogP contribution in [-0.2, 0) is 9.53 Å². The minimum atomic E-state index is -0.658. The number of Topliss-reactive ketones (excluding diaryl/α,β-unsaturated/α-hetero) is 1. The molecule has 55 heavy (non-hydrogen) atoms. The number of benzene rings is 2. The molecule has 2 N–H and O–H groups in total. The van der Waals surface area contributed by atoms with Gasteiger partial charge in [0.25, 0.3) is 5.91 Å². The lowest BCUT2D eigenvalue weighted by Crippen LogP contribution is -2.28. The van der Waals surface area contributed by atoms with Crippen molar-refractivity contribution < 1.29 is 19.1 Å². The highest BCUT2D eigenvalue weighted by molar-refractivity contribution is 7.14. The standard InChI is InChI=1S/C44H56ClN5O4S/c1-10-13-27(4)49-50-30(7)38(25-39(51)54-9)48-41(33-16-18-34(45)19-17-33)40-29(6)43(55-31(40)8)44(53)47-23-22-46-35-20-21-36(42(52)26(3)11-2)37(24-35)28(5)32-14-12-15-32/h16-21,24,26,38,46H,10-15,22-23,25H2,1-9H3,(H,47,53)/b48-41?,49-27-,50-30+. The van der Waals surface area contributed by atoms with Crippen LogP contribution in [0.1, 0.15) is 134 Å². The number of ketones is 1. The van der Waals surface area contributed by atoms with E-state index in [0.717, 1.165) is 76.2 Å². The third-order valence-corrected chi connectivity index (χ3v) is 11.7. The Morgan fingerprint density at radius 1 is 0.964 bits per heavy atom. The average molecular weight is 786 g/mol. The molecule has 0 aliphatic heterocycles. The van der Waals surface area contributed by atoms with Gasteiger partial charge >= 0.3 is 5.97 Å². The molecular weight excluding hydrogens is 730 g/mol. The molecule has 0 saturated heterocycles. The molecule has 9 nitrogen and oxygen atoms in total. The summed E-state index contributed by atoms with van der Waals surface area (Å²) in [7, 11) is 1.35. The molecule has 1 aliphatic rings. The van der Waals surface area contributed by atoms with Crippen LogP contribution >= 0.6 is 22.9 Å². The van der Waals surface area contributed by atoms with Gasteiger partial charge in [0.05, 0.1) is 29.8 Å². The van der Waals surface area contributed by atoms with E-state index in [2.05, 4.69) is 40.8 Å². The maximum absolute atomic E-state index is 13.7. The van der Waals surface area contributed by atoms with E-state index in [1.165, 1.54) is 36.0 Å². The number of halogens is 1. The molecule has 2 atom stereocenters. The first-order chi connectivity index (χ1) is 26.3. The van der Waals surface area contributed by atoms with Gasteiger partial charge in [0.1, 0.15) is 6.04 Å². The van der Waals surface area contributed by atoms with Gasteiger partial charge in [0.2, 0.25) is 0 Å². The molecule has 0 spiro atoms. The molecule has 1 heterocycles. The lowest BCUT2D eigenvalue weighted by molar-refractivity contribution is -0.140. The fourth-order valence-corrected chi connectivity index (χ4v) is 7.65. The summed E-state index contributed by atoms with van der Waals surface area (Å²) in [5, 5.41) is 16.0. The minimum absolute atomic E-state index is 0.0246. The van der Waals surface area contributed by atoms with Gasteiger partial charge in [-0.3, -0.25) is 19.4 Å². The summed E-state index contributed by atoms with van der Waals surface area (Å²) in [5.41, 5.74) is 9.79. The maximum atomic E-state index is 13.7. The van der Waals surface area contributed by atoms with Crippen molar-refractivity contribution in [2.24, 2.45) is 21.1 Å². The number of esters is 1. The smallest absolute Gasteiger partial charge is 0.308 e. The highest BCUT2D eigenvalue weighted by atomic mass is 35.5. The van der Waals surface area contributed by atoms with Crippen molar-refractivity contribution >= 4 is 69.0 Å². The number of hydrogen-bond acceptors (Lipinski definition) is 9. The summed E-state index contributed by atoms with van der Waals surface area (Å²) in [6.07, 6.45) is 5.90. The van der Waals surface area contributed by atoms with Gasteiger partial charge in [-0.2, -0.15) is 10.2 Å². The van der Waals surface area contributed by atoms with Crippen molar-refractivity contribution in [3.05, 3.63) is 90.6 Å². The van der Waals surface area contributed by atoms with Crippen LogP contribution in [0.25, 0.3) is 5.57 Å². The number of carbonyl (C=O) groups is 3. The van der Waals surface area contributed by atoms with E-state index >= 15 is 0 Å². The van der Waals surface area contributed by atoms with Crippen molar-refractivity contribution in [1.82, 2.24) is 5.32 Å². The second kappa shape index (κ2) is 20.5. The zero-order chi connectivity index (χ0) is 40.2. The van der Waals surface area contributed by atoms with E-state index in [4.69, 9.17) is 21.3 Å². The number of allylic oxidation sites excluding steroid dienone is 2. The Kier molecular flexibility index (Phi) is 16.1. The number of carbonyl (C=O) groups excluding carboxylic acids is 3. The van der Waals surface area contributed by atoms with Crippen molar-refractivity contribution in [2.75, 3.05) is 25.5 Å². The number of amides is 1. The fraction of sp³-hybridized carbons (Fsp3) is 0.455. The Morgan fingerprint density at radius 2 is 1.67 bits per heavy atom. The second-order valence-corrected chi connectivity index (χ2v) is 16.0. The summed E-state index contributed by atoms with van der Waals surface area (Å²) < 4.78 is 5.03. The number of nitrogens with one attached hydrogen (secondary N) is 2. The maximum Gasteiger partial charge on any atom is 0.308 e. The molecule has 3 aromatic rings. The van der Waals surface area contributed by atoms with Crippen molar-refractivity contribution in [3.8, 4) is 0 Å². The SMILES string of the molecule is CCC/C(C)=N\N=C(/C)C(CC(=O)OC)N=C(c1ccc(Cl)cc1)c1c(C)sc(C(=O)NCCNc2ccc(C(=O)C(C)CC)c(C(C)=C3CCC3)c2)c1C. The monoisotopic (exact) mass is 785 g/mol. The number of rotatable bonds is 18. The van der Waals surface area contributed by atoms with Crippen molar-refractivity contribution in [1.29, 1.82) is 0 Å². The normalized spacial score (nSPS) is 14.6. The van der Waals surface area contributed by atoms with Crippen LogP contribution in [0.2, 0.25) is 5.02 Å². The minimum Gasteiger partial charge on any atom is -0.469 e. The summed E-state index contributed by atoms with van der Waals surface area (Å²) >= 11 is 7.69. The molecule has 1 amide bonds. The van der Waals surface area contributed by atoms with Gasteiger partial charge < -0.3 is 15.4 Å². The number of ether oxygens (including phenoxy) is 1. The highest BCUT2D eigenvalue weighted by Crippen LogP contribution is 2.36. The molecule has 1 fully saturated rings. The number of hydrogen-bond donors (Lipinski definition) is 2. The summed E-state index contributed by atoms with van der Waals surface area (Å²) in [6.45, 7) is 16.8. The first kappa shape index (κ1) is 43.3. The van der Waals surface area contributed by atoms with Gasteiger partial charge in [-0.1, -0.05) is 56.5 Å². The summed E-state index contributed by atoms with van der Waals surface area (Å²) in [4.78, 5) is 46.2. The number of nitrogens with zero attached hydrogens (tertiary/aromatic N) is 3. The van der Waals surface area contributed by atoms with Crippen LogP contribution in [0.3, 0.4) is 0 Å². The Hall–Kier alpha value is -4.41. The van der Waals surface area contributed by atoms with E-state index in [0.29, 0.717) is 34.4 Å². The first-order valence-electron chi connectivity index (χ1n) is 19.3. The zero-order valence-corrected chi connectivity index (χ0v) is 35.4. The summed E-state index contributed by atoms with van der Waals surface area (Å²) in [5.74, 6) is -0.462. The Bertz CT molecular complexity index is 1990. The van der Waals surface area contributed by atoms with Gasteiger partial charge in [-0.25, -0.2) is 0 Å². The quantitative estimate of drug-likeness (QED) is 0.0437. The number of aryl methyl sites for hydroxylation is 1. The van der Waals surface area contributed by atoms with Crippen LogP contribution < -0.4 is 10.6 Å². The number of methoxy groups -OCH3 is 1. The molecule has 294 valence electrons. The predicted molar refractivity (Wildman–Crippen MR) is 230 cm³/mol. The largest absolute Gasteiger partial charge is 0.469 e. The lowest BCUT2D eigenvalue weighted by Gasteiger charge is -2.23. The van der Waals surface area contributed by atoms with E-state index in [1.54, 1.807) is 12.1 Å². The predicted octanol–water partition coefficient (Wildman–Crippen LogP) is 10.5. The molecule has 2 unspecified atom stereocenters. The number of aliphatic imine (C=N–C) groups is 1. The number of anilines is 1. The van der Waals surface area contributed by atoms with Crippen LogP contribution in [-0.4, -0.2) is 61.0 Å². The zero-order valence-electron chi connectivity index (χ0n) is 33.8. The average Bonchev–Trinajstić information content (AvgIpc) is 3.45. The molecule has 2 aromatic carbocycles. The highest BCUT2D eigenvalue weighted by Gasteiger charge is 2.26. The van der Waals surface area contributed by atoms with E-state index in [1.807, 2.05) is 65.8 Å². The molecule has 1 aromatic heterocycles. The number of thiophene rings is 1. The Labute approximate surface area is 335 Å². The Morgan fingerprint density at radius 3 is 2.29 bits per heavy atom. The van der Waals surface area contributed by atoms with E-state index in [-0.39, 0.29) is 24.0 Å². The van der Waals surface area contributed by atoms with E-state index < -0.39 is 12.0 Å². The van der Waals surface area contributed by atoms with Crippen LogP contribution in [0, 0.1) is 19.8 Å². The fourth-order valence-electron chi connectivity index (χ4n) is 6.45.